The quantitative estimate of drug-likeness (QED) is 0.829. The van der Waals surface area contributed by atoms with Crippen molar-refractivity contribution in [1.82, 2.24) is 0 Å². The van der Waals surface area contributed by atoms with E-state index in [9.17, 15) is 9.59 Å². The minimum atomic E-state index is -0.398. The molecule has 1 atom stereocenters. The molecular formula is C19H20N2O3S. The highest BCUT2D eigenvalue weighted by Gasteiger charge is 2.28. The molecule has 1 N–H and O–H groups in total. The number of rotatable bonds is 3. The Hall–Kier alpha value is -2.47. The van der Waals surface area contributed by atoms with Gasteiger partial charge in [-0.3, -0.25) is 4.90 Å². The molecule has 1 aliphatic heterocycles. The minimum absolute atomic E-state index is 0.169. The van der Waals surface area contributed by atoms with Crippen LogP contribution >= 0.6 is 11.8 Å². The van der Waals surface area contributed by atoms with Crippen molar-refractivity contribution in [2.24, 2.45) is 0 Å². The van der Waals surface area contributed by atoms with Crippen LogP contribution in [0.5, 0.6) is 0 Å². The molecular weight excluding hydrogens is 336 g/mol. The Labute approximate surface area is 151 Å². The summed E-state index contributed by atoms with van der Waals surface area (Å²) >= 11 is 1.82. The maximum atomic E-state index is 12.8. The monoisotopic (exact) mass is 356 g/mol. The minimum Gasteiger partial charge on any atom is -0.465 e. The number of hydrogen-bond acceptors (Lipinski definition) is 4. The number of esters is 1. The lowest BCUT2D eigenvalue weighted by atomic mass is 10.2. The van der Waals surface area contributed by atoms with Crippen LogP contribution in [0.1, 0.15) is 23.7 Å². The molecule has 0 aromatic heterocycles. The van der Waals surface area contributed by atoms with Gasteiger partial charge in [0.15, 0.2) is 0 Å². The van der Waals surface area contributed by atoms with Crippen molar-refractivity contribution in [3.63, 3.8) is 0 Å². The first-order valence-electron chi connectivity index (χ1n) is 8.15. The molecule has 2 aromatic rings. The summed E-state index contributed by atoms with van der Waals surface area (Å²) < 4.78 is 4.68. The van der Waals surface area contributed by atoms with Crippen LogP contribution in [0.3, 0.4) is 0 Å². The second-order valence-electron chi connectivity index (χ2n) is 5.73. The van der Waals surface area contributed by atoms with Gasteiger partial charge in [0.25, 0.3) is 0 Å². The lowest BCUT2D eigenvalue weighted by Gasteiger charge is -2.33. The van der Waals surface area contributed by atoms with E-state index in [1.165, 1.54) is 7.11 Å². The van der Waals surface area contributed by atoms with Crippen molar-refractivity contribution in [3.8, 4) is 0 Å². The van der Waals surface area contributed by atoms with Crippen LogP contribution in [0.2, 0.25) is 0 Å². The summed E-state index contributed by atoms with van der Waals surface area (Å²) in [4.78, 5) is 27.2. The number of ether oxygens (including phenoxy) is 1. The third-order valence-electron chi connectivity index (χ3n) is 4.09. The SMILES string of the molecule is CCC1CN(C(=O)Nc2ccc(C(=O)OC)cc2)c2ccccc2S1. The van der Waals surface area contributed by atoms with Crippen molar-refractivity contribution >= 4 is 35.1 Å². The number of para-hydroxylation sites is 1. The molecule has 130 valence electrons. The number of hydrogen-bond donors (Lipinski definition) is 1. The Bertz CT molecular complexity index is 776. The topological polar surface area (TPSA) is 58.6 Å². The molecule has 5 nitrogen and oxygen atoms in total. The van der Waals surface area contributed by atoms with Crippen molar-refractivity contribution in [3.05, 3.63) is 54.1 Å². The van der Waals surface area contributed by atoms with E-state index in [0.29, 0.717) is 23.0 Å². The van der Waals surface area contributed by atoms with Gasteiger partial charge in [0.1, 0.15) is 0 Å². The molecule has 25 heavy (non-hydrogen) atoms. The lowest BCUT2D eigenvalue weighted by molar-refractivity contribution is 0.0601. The highest BCUT2D eigenvalue weighted by atomic mass is 32.2. The molecule has 1 heterocycles. The van der Waals surface area contributed by atoms with Crippen LogP contribution < -0.4 is 10.2 Å². The van der Waals surface area contributed by atoms with Gasteiger partial charge in [-0.2, -0.15) is 0 Å². The number of amides is 2. The number of fused-ring (bicyclic) bond motifs is 1. The second kappa shape index (κ2) is 7.61. The van der Waals surface area contributed by atoms with E-state index in [1.807, 2.05) is 36.0 Å². The summed E-state index contributed by atoms with van der Waals surface area (Å²) in [7, 11) is 1.34. The number of urea groups is 1. The summed E-state index contributed by atoms with van der Waals surface area (Å²) in [6, 6.07) is 14.5. The predicted molar refractivity (Wildman–Crippen MR) is 101 cm³/mol. The predicted octanol–water partition coefficient (Wildman–Crippen LogP) is 4.40. The van der Waals surface area contributed by atoms with Crippen LogP contribution in [0.15, 0.2) is 53.4 Å². The zero-order chi connectivity index (χ0) is 17.8. The van der Waals surface area contributed by atoms with Crippen LogP contribution in [0.25, 0.3) is 0 Å². The molecule has 1 unspecified atom stereocenters. The number of nitrogens with one attached hydrogen (secondary N) is 1. The van der Waals surface area contributed by atoms with E-state index in [4.69, 9.17) is 0 Å². The van der Waals surface area contributed by atoms with Gasteiger partial charge in [-0.1, -0.05) is 19.1 Å². The number of thioether (sulfide) groups is 1. The number of nitrogens with zero attached hydrogens (tertiary/aromatic N) is 1. The van der Waals surface area contributed by atoms with Gasteiger partial charge < -0.3 is 10.1 Å². The summed E-state index contributed by atoms with van der Waals surface area (Å²) in [6.07, 6.45) is 0.997. The summed E-state index contributed by atoms with van der Waals surface area (Å²) in [5.41, 5.74) is 2.02. The second-order valence-corrected chi connectivity index (χ2v) is 7.07. The molecule has 2 aromatic carbocycles. The maximum Gasteiger partial charge on any atom is 0.337 e. The highest BCUT2D eigenvalue weighted by molar-refractivity contribution is 8.00. The lowest BCUT2D eigenvalue weighted by Crippen LogP contribution is -2.41. The van der Waals surface area contributed by atoms with Crippen molar-refractivity contribution in [1.29, 1.82) is 0 Å². The van der Waals surface area contributed by atoms with Gasteiger partial charge in [0.2, 0.25) is 0 Å². The largest absolute Gasteiger partial charge is 0.465 e. The van der Waals surface area contributed by atoms with E-state index < -0.39 is 5.97 Å². The van der Waals surface area contributed by atoms with E-state index in [0.717, 1.165) is 17.0 Å². The Morgan fingerprint density at radius 2 is 1.92 bits per heavy atom. The van der Waals surface area contributed by atoms with Crippen LogP contribution in [-0.4, -0.2) is 30.9 Å². The molecule has 0 saturated heterocycles. The number of carbonyl (C=O) groups excluding carboxylic acids is 2. The molecule has 2 amide bonds. The smallest absolute Gasteiger partial charge is 0.337 e. The fourth-order valence-corrected chi connectivity index (χ4v) is 3.91. The Kier molecular flexibility index (Phi) is 5.28. The van der Waals surface area contributed by atoms with Crippen LogP contribution in [0.4, 0.5) is 16.2 Å². The van der Waals surface area contributed by atoms with E-state index in [1.54, 1.807) is 29.2 Å². The first-order chi connectivity index (χ1) is 12.1. The first-order valence-corrected chi connectivity index (χ1v) is 9.03. The number of benzene rings is 2. The van der Waals surface area contributed by atoms with Gasteiger partial charge in [0.05, 0.1) is 18.4 Å². The molecule has 0 bridgehead atoms. The van der Waals surface area contributed by atoms with E-state index >= 15 is 0 Å². The summed E-state index contributed by atoms with van der Waals surface area (Å²) in [6.45, 7) is 2.80. The Balaban J connectivity index is 1.77. The van der Waals surface area contributed by atoms with Gasteiger partial charge >= 0.3 is 12.0 Å². The molecule has 0 aliphatic carbocycles. The van der Waals surface area contributed by atoms with E-state index in [2.05, 4.69) is 17.0 Å². The first kappa shape index (κ1) is 17.4. The van der Waals surface area contributed by atoms with Gasteiger partial charge in [-0.25, -0.2) is 9.59 Å². The number of anilines is 2. The molecule has 6 heteroatoms. The zero-order valence-corrected chi connectivity index (χ0v) is 15.0. The standard InChI is InChI=1S/C19H20N2O3S/c1-3-15-12-21(16-6-4-5-7-17(16)25-15)19(23)20-14-10-8-13(9-11-14)18(22)24-2/h4-11,15H,3,12H2,1-2H3,(H,20,23). The average molecular weight is 356 g/mol. The van der Waals surface area contributed by atoms with Gasteiger partial charge in [-0.15, -0.1) is 11.8 Å². The number of carbonyl (C=O) groups is 2. The maximum absolute atomic E-state index is 12.8. The summed E-state index contributed by atoms with van der Waals surface area (Å²) in [5.74, 6) is -0.398. The normalized spacial score (nSPS) is 16.1. The van der Waals surface area contributed by atoms with Gasteiger partial charge in [0, 0.05) is 22.4 Å². The Morgan fingerprint density at radius 3 is 2.60 bits per heavy atom. The summed E-state index contributed by atoms with van der Waals surface area (Å²) in [5, 5.41) is 3.28. The molecule has 0 fully saturated rings. The van der Waals surface area contributed by atoms with Crippen molar-refractivity contribution in [2.75, 3.05) is 23.9 Å². The molecule has 3 rings (SSSR count). The number of methoxy groups -OCH3 is 1. The van der Waals surface area contributed by atoms with Crippen molar-refractivity contribution < 1.29 is 14.3 Å². The highest BCUT2D eigenvalue weighted by Crippen LogP contribution is 2.39. The molecule has 1 aliphatic rings. The zero-order valence-electron chi connectivity index (χ0n) is 14.2. The molecule has 0 spiro atoms. The fourth-order valence-electron chi connectivity index (χ4n) is 2.70. The van der Waals surface area contributed by atoms with Crippen LogP contribution in [0, 0.1) is 0 Å². The van der Waals surface area contributed by atoms with Gasteiger partial charge in [-0.05, 0) is 42.8 Å². The third kappa shape index (κ3) is 3.79. The molecule has 0 saturated carbocycles. The van der Waals surface area contributed by atoms with E-state index in [-0.39, 0.29) is 6.03 Å². The van der Waals surface area contributed by atoms with Crippen molar-refractivity contribution in [2.45, 2.75) is 23.5 Å². The van der Waals surface area contributed by atoms with Crippen LogP contribution in [-0.2, 0) is 4.74 Å². The fraction of sp³-hybridized carbons (Fsp3) is 0.263. The Morgan fingerprint density at radius 1 is 1.20 bits per heavy atom. The third-order valence-corrected chi connectivity index (χ3v) is 5.51. The molecule has 0 radical (unpaired) electrons. The average Bonchev–Trinajstić information content (AvgIpc) is 2.66.